The zero-order chi connectivity index (χ0) is 13.7. The maximum Gasteiger partial charge on any atom is 0.128 e. The first-order valence-electron chi connectivity index (χ1n) is 5.91. The quantitative estimate of drug-likeness (QED) is 0.715. The van der Waals surface area contributed by atoms with Gasteiger partial charge in [0.05, 0.1) is 12.3 Å². The summed E-state index contributed by atoms with van der Waals surface area (Å²) < 4.78 is 5.53. The Morgan fingerprint density at radius 3 is 2.63 bits per heavy atom. The minimum Gasteiger partial charge on any atom is -0.493 e. The predicted molar refractivity (Wildman–Crippen MR) is 81.3 cm³/mol. The van der Waals surface area contributed by atoms with Gasteiger partial charge in [0.25, 0.3) is 0 Å². The first kappa shape index (κ1) is 13.9. The Balaban J connectivity index is 2.29. The van der Waals surface area contributed by atoms with Crippen LogP contribution in [0.15, 0.2) is 47.5 Å². The van der Waals surface area contributed by atoms with Crippen molar-refractivity contribution < 1.29 is 4.74 Å². The van der Waals surface area contributed by atoms with Crippen molar-refractivity contribution in [3.05, 3.63) is 58.1 Å². The molecule has 0 atom stereocenters. The maximum absolute atomic E-state index is 5.99. The molecule has 0 aliphatic rings. The molecule has 0 saturated carbocycles. The monoisotopic (exact) mass is 293 g/mol. The van der Waals surface area contributed by atoms with Crippen molar-refractivity contribution in [2.24, 2.45) is 4.99 Å². The number of halogens is 2. The van der Waals surface area contributed by atoms with E-state index in [0.717, 1.165) is 17.0 Å². The molecule has 0 heterocycles. The van der Waals surface area contributed by atoms with Gasteiger partial charge in [0.15, 0.2) is 0 Å². The third-order valence-corrected chi connectivity index (χ3v) is 2.90. The van der Waals surface area contributed by atoms with Crippen molar-refractivity contribution in [1.29, 1.82) is 0 Å². The molecule has 0 aliphatic carbocycles. The Hall–Kier alpha value is -1.51. The number of rotatable bonds is 4. The van der Waals surface area contributed by atoms with Crippen LogP contribution in [0.2, 0.25) is 10.0 Å². The average Bonchev–Trinajstić information content (AvgIpc) is 2.39. The smallest absolute Gasteiger partial charge is 0.128 e. The topological polar surface area (TPSA) is 21.6 Å². The third-order valence-electron chi connectivity index (χ3n) is 2.43. The van der Waals surface area contributed by atoms with Crippen molar-refractivity contribution in [3.63, 3.8) is 0 Å². The molecule has 2 aromatic rings. The predicted octanol–water partition coefficient (Wildman–Crippen LogP) is 5.14. The van der Waals surface area contributed by atoms with Gasteiger partial charge in [-0.25, -0.2) is 0 Å². The maximum atomic E-state index is 5.99. The number of benzene rings is 2. The van der Waals surface area contributed by atoms with Gasteiger partial charge in [0.1, 0.15) is 5.75 Å². The van der Waals surface area contributed by atoms with Crippen molar-refractivity contribution in [3.8, 4) is 5.75 Å². The molecule has 98 valence electrons. The minimum atomic E-state index is 0.597. The Bertz CT molecular complexity index is 596. The molecule has 2 aromatic carbocycles. The largest absolute Gasteiger partial charge is 0.493 e. The Kier molecular flexibility index (Phi) is 4.83. The van der Waals surface area contributed by atoms with E-state index in [-0.39, 0.29) is 0 Å². The van der Waals surface area contributed by atoms with Crippen LogP contribution in [0.25, 0.3) is 0 Å². The van der Waals surface area contributed by atoms with E-state index in [2.05, 4.69) is 4.99 Å². The van der Waals surface area contributed by atoms with Crippen LogP contribution in [0.1, 0.15) is 12.5 Å². The lowest BCUT2D eigenvalue weighted by molar-refractivity contribution is 0.340. The molecule has 0 spiro atoms. The molecule has 0 radical (unpaired) electrons. The van der Waals surface area contributed by atoms with Gasteiger partial charge in [-0.2, -0.15) is 0 Å². The number of nitrogens with zero attached hydrogens (tertiary/aromatic N) is 1. The van der Waals surface area contributed by atoms with Gasteiger partial charge in [0, 0.05) is 21.8 Å². The molecule has 0 unspecified atom stereocenters. The van der Waals surface area contributed by atoms with Gasteiger partial charge < -0.3 is 4.74 Å². The zero-order valence-corrected chi connectivity index (χ0v) is 11.9. The highest BCUT2D eigenvalue weighted by molar-refractivity contribution is 6.31. The van der Waals surface area contributed by atoms with E-state index in [4.69, 9.17) is 27.9 Å². The molecule has 0 fully saturated rings. The minimum absolute atomic E-state index is 0.597. The number of ether oxygens (including phenoxy) is 1. The van der Waals surface area contributed by atoms with Crippen LogP contribution in [0.4, 0.5) is 5.69 Å². The van der Waals surface area contributed by atoms with Crippen LogP contribution in [0.3, 0.4) is 0 Å². The van der Waals surface area contributed by atoms with Crippen LogP contribution >= 0.6 is 23.2 Å². The first-order valence-corrected chi connectivity index (χ1v) is 6.66. The molecule has 0 amide bonds. The fraction of sp³-hybridized carbons (Fsp3) is 0.133. The summed E-state index contributed by atoms with van der Waals surface area (Å²) in [5, 5.41) is 1.31. The molecule has 2 rings (SSSR count). The number of hydrogen-bond donors (Lipinski definition) is 0. The molecule has 0 aromatic heterocycles. The van der Waals surface area contributed by atoms with E-state index in [9.17, 15) is 0 Å². The van der Waals surface area contributed by atoms with Crippen molar-refractivity contribution in [2.75, 3.05) is 6.61 Å². The van der Waals surface area contributed by atoms with Crippen molar-refractivity contribution in [2.45, 2.75) is 6.92 Å². The molecule has 4 heteroatoms. The summed E-state index contributed by atoms with van der Waals surface area (Å²) in [7, 11) is 0. The summed E-state index contributed by atoms with van der Waals surface area (Å²) in [6.45, 7) is 2.53. The molecular formula is C15H13Cl2NO. The van der Waals surface area contributed by atoms with Crippen molar-refractivity contribution in [1.82, 2.24) is 0 Å². The summed E-state index contributed by atoms with van der Waals surface area (Å²) in [6.07, 6.45) is 1.72. The molecule has 0 saturated heterocycles. The lowest BCUT2D eigenvalue weighted by Gasteiger charge is -2.06. The highest BCUT2D eigenvalue weighted by Crippen LogP contribution is 2.23. The Morgan fingerprint density at radius 2 is 1.89 bits per heavy atom. The summed E-state index contributed by atoms with van der Waals surface area (Å²) >= 11 is 11.9. The van der Waals surface area contributed by atoms with Gasteiger partial charge in [-0.15, -0.1) is 0 Å². The van der Waals surface area contributed by atoms with Gasteiger partial charge in [0.2, 0.25) is 0 Å². The molecular weight excluding hydrogens is 281 g/mol. The first-order chi connectivity index (χ1) is 9.19. The van der Waals surface area contributed by atoms with Crippen LogP contribution in [-0.4, -0.2) is 12.8 Å². The van der Waals surface area contributed by atoms with E-state index >= 15 is 0 Å². The fourth-order valence-corrected chi connectivity index (χ4v) is 1.97. The van der Waals surface area contributed by atoms with E-state index < -0.39 is 0 Å². The van der Waals surface area contributed by atoms with E-state index in [1.54, 1.807) is 18.3 Å². The number of hydrogen-bond acceptors (Lipinski definition) is 2. The third kappa shape index (κ3) is 3.98. The second-order valence-electron chi connectivity index (χ2n) is 3.85. The Morgan fingerprint density at radius 1 is 1.11 bits per heavy atom. The average molecular weight is 294 g/mol. The second kappa shape index (κ2) is 6.60. The van der Waals surface area contributed by atoms with Gasteiger partial charge in [-0.3, -0.25) is 4.99 Å². The van der Waals surface area contributed by atoms with Gasteiger partial charge >= 0.3 is 0 Å². The SMILES string of the molecule is CCOc1ccc(Cl)cc1C=Nc1cccc(Cl)c1. The molecule has 0 aliphatic heterocycles. The highest BCUT2D eigenvalue weighted by Gasteiger charge is 2.02. The second-order valence-corrected chi connectivity index (χ2v) is 4.73. The normalized spacial score (nSPS) is 10.9. The van der Waals surface area contributed by atoms with E-state index in [0.29, 0.717) is 16.7 Å². The van der Waals surface area contributed by atoms with E-state index in [1.165, 1.54) is 0 Å². The van der Waals surface area contributed by atoms with Crippen LogP contribution < -0.4 is 4.74 Å². The van der Waals surface area contributed by atoms with Crippen LogP contribution in [0, 0.1) is 0 Å². The lowest BCUT2D eigenvalue weighted by Crippen LogP contribution is -1.95. The molecule has 2 nitrogen and oxygen atoms in total. The summed E-state index contributed by atoms with van der Waals surface area (Å²) in [4.78, 5) is 4.37. The van der Waals surface area contributed by atoms with Crippen molar-refractivity contribution >= 4 is 35.1 Å². The molecule has 0 bridgehead atoms. The fourth-order valence-electron chi connectivity index (χ4n) is 1.61. The molecule has 0 N–H and O–H groups in total. The molecule has 19 heavy (non-hydrogen) atoms. The summed E-state index contributed by atoms with van der Waals surface area (Å²) in [6, 6.07) is 12.8. The van der Waals surface area contributed by atoms with E-state index in [1.807, 2.05) is 37.3 Å². The van der Waals surface area contributed by atoms with Gasteiger partial charge in [-0.05, 0) is 43.3 Å². The zero-order valence-electron chi connectivity index (χ0n) is 10.4. The van der Waals surface area contributed by atoms with Crippen LogP contribution in [0.5, 0.6) is 5.75 Å². The van der Waals surface area contributed by atoms with Crippen LogP contribution in [-0.2, 0) is 0 Å². The number of aliphatic imine (C=N–C) groups is 1. The highest BCUT2D eigenvalue weighted by atomic mass is 35.5. The standard InChI is InChI=1S/C15H13Cl2NO/c1-2-19-15-7-6-13(17)8-11(15)10-18-14-5-3-4-12(16)9-14/h3-10H,2H2,1H3. The lowest BCUT2D eigenvalue weighted by atomic mass is 10.2. The Labute approximate surface area is 122 Å². The summed E-state index contributed by atoms with van der Waals surface area (Å²) in [5.41, 5.74) is 1.63. The van der Waals surface area contributed by atoms with Gasteiger partial charge in [-0.1, -0.05) is 29.3 Å². The summed E-state index contributed by atoms with van der Waals surface area (Å²) in [5.74, 6) is 0.762.